The van der Waals surface area contributed by atoms with Gasteiger partial charge in [-0.25, -0.2) is 4.79 Å². The highest BCUT2D eigenvalue weighted by Crippen LogP contribution is 2.38. The van der Waals surface area contributed by atoms with Gasteiger partial charge in [0.2, 0.25) is 0 Å². The normalized spacial score (nSPS) is 20.4. The quantitative estimate of drug-likeness (QED) is 0.802. The van der Waals surface area contributed by atoms with Gasteiger partial charge in [0.05, 0.1) is 0 Å². The Morgan fingerprint density at radius 3 is 2.43 bits per heavy atom. The fraction of sp³-hybridized carbons (Fsp3) is 0.235. The summed E-state index contributed by atoms with van der Waals surface area (Å²) in [4.78, 5) is 10.9. The predicted molar refractivity (Wildman–Crippen MR) is 85.5 cm³/mol. The summed E-state index contributed by atoms with van der Waals surface area (Å²) < 4.78 is 0. The molecule has 2 amide bonds. The van der Waals surface area contributed by atoms with Crippen molar-refractivity contribution in [1.29, 1.82) is 0 Å². The number of carbonyl (C=O) groups is 1. The van der Waals surface area contributed by atoms with E-state index in [2.05, 4.69) is 41.0 Å². The van der Waals surface area contributed by atoms with Crippen LogP contribution in [-0.2, 0) is 0 Å². The van der Waals surface area contributed by atoms with Gasteiger partial charge in [-0.2, -0.15) is 0 Å². The SMILES string of the molecule is NC(=O)Nc1cccc(NC2CC(c3ccccc3)C2)c1. The Bertz CT molecular complexity index is 621. The molecular formula is C17H19N3O. The van der Waals surface area contributed by atoms with E-state index in [4.69, 9.17) is 5.73 Å². The van der Waals surface area contributed by atoms with E-state index in [0.717, 1.165) is 18.5 Å². The Hall–Kier alpha value is -2.49. The van der Waals surface area contributed by atoms with Crippen LogP contribution in [0.4, 0.5) is 16.2 Å². The van der Waals surface area contributed by atoms with Gasteiger partial charge < -0.3 is 16.4 Å². The first-order valence-corrected chi connectivity index (χ1v) is 7.19. The molecule has 1 aliphatic carbocycles. The maximum atomic E-state index is 10.9. The van der Waals surface area contributed by atoms with E-state index in [1.807, 2.05) is 24.3 Å². The molecule has 21 heavy (non-hydrogen) atoms. The van der Waals surface area contributed by atoms with Crippen LogP contribution >= 0.6 is 0 Å². The molecule has 4 heteroatoms. The first-order valence-electron chi connectivity index (χ1n) is 7.19. The number of urea groups is 1. The Balaban J connectivity index is 1.56. The summed E-state index contributed by atoms with van der Waals surface area (Å²) in [7, 11) is 0. The number of primary amides is 1. The minimum absolute atomic E-state index is 0.485. The van der Waals surface area contributed by atoms with Crippen LogP contribution in [-0.4, -0.2) is 12.1 Å². The summed E-state index contributed by atoms with van der Waals surface area (Å²) >= 11 is 0. The molecular weight excluding hydrogens is 262 g/mol. The maximum Gasteiger partial charge on any atom is 0.316 e. The van der Waals surface area contributed by atoms with Crippen LogP contribution < -0.4 is 16.4 Å². The molecule has 3 rings (SSSR count). The molecule has 4 N–H and O–H groups in total. The van der Waals surface area contributed by atoms with Crippen molar-refractivity contribution in [2.45, 2.75) is 24.8 Å². The molecule has 108 valence electrons. The molecule has 0 aromatic heterocycles. The molecule has 0 aliphatic heterocycles. The maximum absolute atomic E-state index is 10.9. The molecule has 0 unspecified atom stereocenters. The third-order valence-electron chi connectivity index (χ3n) is 3.91. The first kappa shape index (κ1) is 13.5. The number of amides is 2. The minimum Gasteiger partial charge on any atom is -0.382 e. The minimum atomic E-state index is -0.542. The Morgan fingerprint density at radius 2 is 1.71 bits per heavy atom. The monoisotopic (exact) mass is 281 g/mol. The zero-order chi connectivity index (χ0) is 14.7. The molecule has 1 fully saturated rings. The Kier molecular flexibility index (Phi) is 3.77. The summed E-state index contributed by atoms with van der Waals surface area (Å²) in [5, 5.41) is 6.09. The van der Waals surface area contributed by atoms with E-state index < -0.39 is 6.03 Å². The fourth-order valence-corrected chi connectivity index (χ4v) is 2.80. The standard InChI is InChI=1S/C17H19N3O/c18-17(21)20-15-8-4-7-14(11-15)19-16-9-13(10-16)12-5-2-1-3-6-12/h1-8,11,13,16,19H,9-10H2,(H3,18,20,21). The number of nitrogens with two attached hydrogens (primary N) is 1. The number of anilines is 2. The highest BCUT2D eigenvalue weighted by atomic mass is 16.2. The van der Waals surface area contributed by atoms with Crippen molar-refractivity contribution >= 4 is 17.4 Å². The second-order valence-corrected chi connectivity index (χ2v) is 5.49. The second-order valence-electron chi connectivity index (χ2n) is 5.49. The summed E-state index contributed by atoms with van der Waals surface area (Å²) in [5.74, 6) is 0.649. The van der Waals surface area contributed by atoms with Crippen LogP contribution in [0.25, 0.3) is 0 Å². The summed E-state index contributed by atoms with van der Waals surface area (Å²) in [6, 6.07) is 18.2. The lowest BCUT2D eigenvalue weighted by Gasteiger charge is -2.37. The van der Waals surface area contributed by atoms with E-state index in [0.29, 0.717) is 17.6 Å². The number of nitrogens with one attached hydrogen (secondary N) is 2. The summed E-state index contributed by atoms with van der Waals surface area (Å²) in [6.45, 7) is 0. The third kappa shape index (κ3) is 3.34. The molecule has 1 saturated carbocycles. The van der Waals surface area contributed by atoms with Crippen molar-refractivity contribution in [3.8, 4) is 0 Å². The molecule has 0 atom stereocenters. The molecule has 0 saturated heterocycles. The molecule has 1 aliphatic rings. The molecule has 0 heterocycles. The highest BCUT2D eigenvalue weighted by Gasteiger charge is 2.29. The second kappa shape index (κ2) is 5.87. The molecule has 4 nitrogen and oxygen atoms in total. The molecule has 0 radical (unpaired) electrons. The van der Waals surface area contributed by atoms with Gasteiger partial charge in [-0.15, -0.1) is 0 Å². The van der Waals surface area contributed by atoms with Gasteiger partial charge >= 0.3 is 6.03 Å². The van der Waals surface area contributed by atoms with Crippen LogP contribution in [0.1, 0.15) is 24.3 Å². The molecule has 2 aromatic carbocycles. The van der Waals surface area contributed by atoms with E-state index >= 15 is 0 Å². The van der Waals surface area contributed by atoms with Gasteiger partial charge in [-0.3, -0.25) is 0 Å². The lowest BCUT2D eigenvalue weighted by molar-refractivity contribution is 0.259. The molecule has 0 spiro atoms. The number of rotatable bonds is 4. The van der Waals surface area contributed by atoms with Gasteiger partial charge in [-0.05, 0) is 42.5 Å². The van der Waals surface area contributed by atoms with Crippen molar-refractivity contribution in [3.05, 3.63) is 60.2 Å². The smallest absolute Gasteiger partial charge is 0.316 e. The predicted octanol–water partition coefficient (Wildman–Crippen LogP) is 3.54. The van der Waals surface area contributed by atoms with E-state index in [-0.39, 0.29) is 0 Å². The van der Waals surface area contributed by atoms with Gasteiger partial charge in [0, 0.05) is 17.4 Å². The van der Waals surface area contributed by atoms with Crippen molar-refractivity contribution in [3.63, 3.8) is 0 Å². The largest absolute Gasteiger partial charge is 0.382 e. The van der Waals surface area contributed by atoms with E-state index in [9.17, 15) is 4.79 Å². The number of hydrogen-bond donors (Lipinski definition) is 3. The van der Waals surface area contributed by atoms with Gasteiger partial charge in [0.15, 0.2) is 0 Å². The number of hydrogen-bond acceptors (Lipinski definition) is 2. The average Bonchev–Trinajstić information content (AvgIpc) is 2.43. The average molecular weight is 281 g/mol. The van der Waals surface area contributed by atoms with Gasteiger partial charge in [0.1, 0.15) is 0 Å². The summed E-state index contributed by atoms with van der Waals surface area (Å²) in [6.07, 6.45) is 2.27. The highest BCUT2D eigenvalue weighted by molar-refractivity contribution is 5.88. The number of benzene rings is 2. The van der Waals surface area contributed by atoms with Crippen LogP contribution in [0.5, 0.6) is 0 Å². The van der Waals surface area contributed by atoms with Crippen molar-refractivity contribution in [1.82, 2.24) is 0 Å². The lowest BCUT2D eigenvalue weighted by Crippen LogP contribution is -2.34. The first-order chi connectivity index (χ1) is 10.2. The fourth-order valence-electron chi connectivity index (χ4n) is 2.80. The Morgan fingerprint density at radius 1 is 1.00 bits per heavy atom. The third-order valence-corrected chi connectivity index (χ3v) is 3.91. The van der Waals surface area contributed by atoms with Gasteiger partial charge in [-0.1, -0.05) is 36.4 Å². The van der Waals surface area contributed by atoms with Crippen LogP contribution in [0.15, 0.2) is 54.6 Å². The van der Waals surface area contributed by atoms with Crippen molar-refractivity contribution in [2.75, 3.05) is 10.6 Å². The van der Waals surface area contributed by atoms with Crippen LogP contribution in [0.2, 0.25) is 0 Å². The van der Waals surface area contributed by atoms with Gasteiger partial charge in [0.25, 0.3) is 0 Å². The summed E-state index contributed by atoms with van der Waals surface area (Å²) in [5.41, 5.74) is 8.27. The zero-order valence-electron chi connectivity index (χ0n) is 11.8. The number of carbonyl (C=O) groups excluding carboxylic acids is 1. The lowest BCUT2D eigenvalue weighted by atomic mass is 9.76. The van der Waals surface area contributed by atoms with E-state index in [1.54, 1.807) is 0 Å². The van der Waals surface area contributed by atoms with E-state index in [1.165, 1.54) is 5.56 Å². The zero-order valence-corrected chi connectivity index (χ0v) is 11.8. The van der Waals surface area contributed by atoms with Crippen molar-refractivity contribution < 1.29 is 4.79 Å². The molecule has 0 bridgehead atoms. The van der Waals surface area contributed by atoms with Crippen LogP contribution in [0, 0.1) is 0 Å². The molecule has 2 aromatic rings. The topological polar surface area (TPSA) is 67.2 Å². The Labute approximate surface area is 124 Å². The van der Waals surface area contributed by atoms with Crippen molar-refractivity contribution in [2.24, 2.45) is 5.73 Å². The van der Waals surface area contributed by atoms with Crippen LogP contribution in [0.3, 0.4) is 0 Å².